The number of hydrogen-bond donors (Lipinski definition) is 1. The van der Waals surface area contributed by atoms with Crippen LogP contribution in [-0.2, 0) is 4.79 Å². The van der Waals surface area contributed by atoms with Gasteiger partial charge in [0.05, 0.1) is 5.25 Å². The Morgan fingerprint density at radius 3 is 2.62 bits per heavy atom. The van der Waals surface area contributed by atoms with E-state index in [0.717, 1.165) is 37.8 Å². The average molecular weight is 242 g/mol. The van der Waals surface area contributed by atoms with E-state index < -0.39 is 0 Å². The summed E-state index contributed by atoms with van der Waals surface area (Å²) in [6, 6.07) is 0. The van der Waals surface area contributed by atoms with Gasteiger partial charge in [0.15, 0.2) is 0 Å². The molecular formula is C12H22N2OS. The van der Waals surface area contributed by atoms with Crippen molar-refractivity contribution in [3.05, 3.63) is 0 Å². The lowest BCUT2D eigenvalue weighted by Crippen LogP contribution is -2.44. The number of carbonyl (C=O) groups is 1. The molecule has 1 amide bonds. The molecule has 1 N–H and O–H groups in total. The predicted octanol–water partition coefficient (Wildman–Crippen LogP) is 1.34. The third-order valence-electron chi connectivity index (χ3n) is 3.46. The molecule has 0 radical (unpaired) electrons. The van der Waals surface area contributed by atoms with E-state index in [1.807, 2.05) is 11.8 Å². The SMILES string of the molecule is CC(SCC1CNC1)C(=O)N1CCCCC1. The van der Waals surface area contributed by atoms with E-state index in [2.05, 4.69) is 17.1 Å². The molecule has 4 heteroatoms. The standard InChI is InChI=1S/C12H22N2OS/c1-10(16-9-11-7-13-8-11)12(15)14-5-3-2-4-6-14/h10-11,13H,2-9H2,1H3. The van der Waals surface area contributed by atoms with Crippen molar-refractivity contribution >= 4 is 17.7 Å². The van der Waals surface area contributed by atoms with E-state index in [9.17, 15) is 4.79 Å². The van der Waals surface area contributed by atoms with Crippen molar-refractivity contribution in [2.24, 2.45) is 5.92 Å². The molecule has 2 rings (SSSR count). The number of likely N-dealkylation sites (tertiary alicyclic amines) is 1. The molecule has 2 aliphatic heterocycles. The second-order valence-electron chi connectivity index (χ2n) is 4.89. The lowest BCUT2D eigenvalue weighted by Gasteiger charge is -2.31. The van der Waals surface area contributed by atoms with Gasteiger partial charge in [-0.25, -0.2) is 0 Å². The van der Waals surface area contributed by atoms with Gasteiger partial charge in [-0.15, -0.1) is 11.8 Å². The van der Waals surface area contributed by atoms with Crippen molar-refractivity contribution < 1.29 is 4.79 Å². The first-order valence-corrected chi connectivity index (χ1v) is 7.43. The maximum atomic E-state index is 12.1. The molecule has 0 aromatic carbocycles. The summed E-state index contributed by atoms with van der Waals surface area (Å²) in [6.45, 7) is 6.30. The van der Waals surface area contributed by atoms with Crippen molar-refractivity contribution in [3.8, 4) is 0 Å². The van der Waals surface area contributed by atoms with Crippen LogP contribution in [0.1, 0.15) is 26.2 Å². The van der Waals surface area contributed by atoms with Crippen LogP contribution in [0.15, 0.2) is 0 Å². The first-order chi connectivity index (χ1) is 7.77. The van der Waals surface area contributed by atoms with Gasteiger partial charge in [-0.2, -0.15) is 0 Å². The summed E-state index contributed by atoms with van der Waals surface area (Å²) in [5.41, 5.74) is 0. The van der Waals surface area contributed by atoms with Crippen LogP contribution in [0.4, 0.5) is 0 Å². The molecule has 0 spiro atoms. The fourth-order valence-electron chi connectivity index (χ4n) is 2.19. The molecule has 92 valence electrons. The molecular weight excluding hydrogens is 220 g/mol. The Balaban J connectivity index is 1.69. The number of amides is 1. The third kappa shape index (κ3) is 3.14. The van der Waals surface area contributed by atoms with Gasteiger partial charge in [-0.1, -0.05) is 0 Å². The fraction of sp³-hybridized carbons (Fsp3) is 0.917. The minimum Gasteiger partial charge on any atom is -0.342 e. The summed E-state index contributed by atoms with van der Waals surface area (Å²) >= 11 is 1.83. The van der Waals surface area contributed by atoms with Gasteiger partial charge in [0.2, 0.25) is 5.91 Å². The zero-order valence-electron chi connectivity index (χ0n) is 10.1. The highest BCUT2D eigenvalue weighted by Gasteiger charge is 2.24. The molecule has 0 saturated carbocycles. The quantitative estimate of drug-likeness (QED) is 0.807. The molecule has 16 heavy (non-hydrogen) atoms. The molecule has 0 bridgehead atoms. The second-order valence-corrected chi connectivity index (χ2v) is 6.26. The van der Waals surface area contributed by atoms with E-state index in [-0.39, 0.29) is 5.25 Å². The summed E-state index contributed by atoms with van der Waals surface area (Å²) < 4.78 is 0. The van der Waals surface area contributed by atoms with Crippen LogP contribution in [0.25, 0.3) is 0 Å². The molecule has 0 aliphatic carbocycles. The lowest BCUT2D eigenvalue weighted by molar-refractivity contribution is -0.131. The van der Waals surface area contributed by atoms with Gasteiger partial charge < -0.3 is 10.2 Å². The Morgan fingerprint density at radius 1 is 1.38 bits per heavy atom. The van der Waals surface area contributed by atoms with E-state index in [4.69, 9.17) is 0 Å². The Morgan fingerprint density at radius 2 is 2.06 bits per heavy atom. The first kappa shape index (κ1) is 12.2. The van der Waals surface area contributed by atoms with Crippen molar-refractivity contribution in [2.75, 3.05) is 31.9 Å². The number of thioether (sulfide) groups is 1. The molecule has 2 aliphatic rings. The van der Waals surface area contributed by atoms with Crippen molar-refractivity contribution in [3.63, 3.8) is 0 Å². The van der Waals surface area contributed by atoms with E-state index in [0.29, 0.717) is 5.91 Å². The zero-order chi connectivity index (χ0) is 11.4. The number of nitrogens with zero attached hydrogens (tertiary/aromatic N) is 1. The smallest absolute Gasteiger partial charge is 0.235 e. The number of nitrogens with one attached hydrogen (secondary N) is 1. The number of hydrogen-bond acceptors (Lipinski definition) is 3. The van der Waals surface area contributed by atoms with Crippen LogP contribution in [-0.4, -0.2) is 48.0 Å². The highest BCUT2D eigenvalue weighted by atomic mass is 32.2. The van der Waals surface area contributed by atoms with Crippen LogP contribution < -0.4 is 5.32 Å². The Labute approximate surface area is 102 Å². The van der Waals surface area contributed by atoms with Crippen molar-refractivity contribution in [1.82, 2.24) is 10.2 Å². The molecule has 1 atom stereocenters. The Bertz CT molecular complexity index is 237. The Hall–Kier alpha value is -0.220. The van der Waals surface area contributed by atoms with Gasteiger partial charge in [-0.3, -0.25) is 4.79 Å². The molecule has 2 saturated heterocycles. The van der Waals surface area contributed by atoms with Gasteiger partial charge in [-0.05, 0) is 50.9 Å². The predicted molar refractivity (Wildman–Crippen MR) is 68.7 cm³/mol. The fourth-order valence-corrected chi connectivity index (χ4v) is 3.28. The average Bonchev–Trinajstić information content (AvgIpc) is 2.27. The molecule has 1 unspecified atom stereocenters. The largest absolute Gasteiger partial charge is 0.342 e. The maximum absolute atomic E-state index is 12.1. The summed E-state index contributed by atoms with van der Waals surface area (Å²) in [7, 11) is 0. The van der Waals surface area contributed by atoms with Gasteiger partial charge in [0.1, 0.15) is 0 Å². The summed E-state index contributed by atoms with van der Waals surface area (Å²) in [5, 5.41) is 3.42. The van der Waals surface area contributed by atoms with E-state index >= 15 is 0 Å². The van der Waals surface area contributed by atoms with Gasteiger partial charge >= 0.3 is 0 Å². The summed E-state index contributed by atoms with van der Waals surface area (Å²) in [4.78, 5) is 14.2. The van der Waals surface area contributed by atoms with Gasteiger partial charge in [0.25, 0.3) is 0 Å². The molecule has 3 nitrogen and oxygen atoms in total. The molecule has 2 fully saturated rings. The van der Waals surface area contributed by atoms with Crippen LogP contribution in [0.2, 0.25) is 0 Å². The first-order valence-electron chi connectivity index (χ1n) is 6.38. The molecule has 0 aromatic heterocycles. The summed E-state index contributed by atoms with van der Waals surface area (Å²) in [6.07, 6.45) is 3.67. The van der Waals surface area contributed by atoms with Gasteiger partial charge in [0, 0.05) is 13.1 Å². The Kier molecular flexibility index (Phi) is 4.53. The lowest BCUT2D eigenvalue weighted by atomic mass is 10.1. The monoisotopic (exact) mass is 242 g/mol. The van der Waals surface area contributed by atoms with Crippen LogP contribution in [0.3, 0.4) is 0 Å². The summed E-state index contributed by atoms with van der Waals surface area (Å²) in [5.74, 6) is 2.28. The molecule has 2 heterocycles. The zero-order valence-corrected chi connectivity index (χ0v) is 10.9. The van der Waals surface area contributed by atoms with Crippen molar-refractivity contribution in [2.45, 2.75) is 31.4 Å². The highest BCUT2D eigenvalue weighted by Crippen LogP contribution is 2.20. The van der Waals surface area contributed by atoms with Crippen molar-refractivity contribution in [1.29, 1.82) is 0 Å². The highest BCUT2D eigenvalue weighted by molar-refractivity contribution is 8.00. The van der Waals surface area contributed by atoms with Crippen LogP contribution in [0, 0.1) is 5.92 Å². The molecule has 0 aromatic rings. The van der Waals surface area contributed by atoms with Crippen LogP contribution in [0.5, 0.6) is 0 Å². The minimum absolute atomic E-state index is 0.152. The van der Waals surface area contributed by atoms with E-state index in [1.54, 1.807) is 0 Å². The topological polar surface area (TPSA) is 32.3 Å². The number of carbonyl (C=O) groups excluding carboxylic acids is 1. The van der Waals surface area contributed by atoms with E-state index in [1.165, 1.54) is 19.3 Å². The second kappa shape index (κ2) is 5.92. The number of piperidine rings is 1. The normalized spacial score (nSPS) is 23.9. The third-order valence-corrected chi connectivity index (χ3v) is 4.83. The number of rotatable bonds is 4. The maximum Gasteiger partial charge on any atom is 0.235 e. The van der Waals surface area contributed by atoms with Crippen LogP contribution >= 0.6 is 11.8 Å². The minimum atomic E-state index is 0.152.